The van der Waals surface area contributed by atoms with Crippen molar-refractivity contribution in [1.82, 2.24) is 19.3 Å². The number of carbonyl (C=O) groups excluding carboxylic acids is 1. The molecule has 1 atom stereocenters. The Morgan fingerprint density at radius 2 is 1.96 bits per heavy atom. The minimum Gasteiger partial charge on any atom is -0.298 e. The molecule has 0 N–H and O–H groups in total. The zero-order valence-electron chi connectivity index (χ0n) is 13.9. The van der Waals surface area contributed by atoms with Gasteiger partial charge < -0.3 is 0 Å². The third kappa shape index (κ3) is 2.89. The topological polar surface area (TPSA) is 69.8 Å². The SMILES string of the molecule is Cn1ncc2c(=O)n(-c3ccccc3)c(SC3CCCCC3=O)nc21. The van der Waals surface area contributed by atoms with E-state index in [0.717, 1.165) is 24.9 Å². The van der Waals surface area contributed by atoms with Gasteiger partial charge in [0, 0.05) is 13.5 Å². The summed E-state index contributed by atoms with van der Waals surface area (Å²) in [4.78, 5) is 30.0. The first-order chi connectivity index (χ1) is 12.1. The summed E-state index contributed by atoms with van der Waals surface area (Å²) in [6, 6.07) is 9.42. The van der Waals surface area contributed by atoms with Gasteiger partial charge in [0.15, 0.2) is 10.8 Å². The molecule has 4 rings (SSSR count). The molecule has 1 aliphatic rings. The Hall–Kier alpha value is -2.41. The second-order valence-electron chi connectivity index (χ2n) is 6.19. The maximum absolute atomic E-state index is 13.1. The second-order valence-corrected chi connectivity index (χ2v) is 7.36. The van der Waals surface area contributed by atoms with Crippen LogP contribution in [0.25, 0.3) is 16.7 Å². The molecule has 0 saturated heterocycles. The van der Waals surface area contributed by atoms with Gasteiger partial charge in [0.2, 0.25) is 0 Å². The van der Waals surface area contributed by atoms with Gasteiger partial charge in [0.1, 0.15) is 11.2 Å². The van der Waals surface area contributed by atoms with Crippen LogP contribution in [0.5, 0.6) is 0 Å². The molecule has 1 aromatic carbocycles. The van der Waals surface area contributed by atoms with Gasteiger partial charge in [-0.1, -0.05) is 36.4 Å². The molecular formula is C18H18N4O2S. The van der Waals surface area contributed by atoms with Crippen LogP contribution in [0, 0.1) is 0 Å². The Bertz CT molecular complexity index is 993. The Kier molecular flexibility index (Phi) is 4.17. The van der Waals surface area contributed by atoms with E-state index in [1.54, 1.807) is 22.5 Å². The van der Waals surface area contributed by atoms with Crippen LogP contribution in [-0.2, 0) is 11.8 Å². The number of ketones is 1. The molecule has 2 heterocycles. The highest BCUT2D eigenvalue weighted by atomic mass is 32.2. The lowest BCUT2D eigenvalue weighted by Crippen LogP contribution is -2.26. The Morgan fingerprint density at radius 3 is 2.72 bits per heavy atom. The van der Waals surface area contributed by atoms with Gasteiger partial charge in [-0.25, -0.2) is 4.98 Å². The number of nitrogens with zero attached hydrogens (tertiary/aromatic N) is 4. The number of hydrogen-bond acceptors (Lipinski definition) is 5. The fourth-order valence-corrected chi connectivity index (χ4v) is 4.37. The summed E-state index contributed by atoms with van der Waals surface area (Å²) in [5, 5.41) is 5.05. The van der Waals surface area contributed by atoms with E-state index in [0.29, 0.717) is 22.6 Å². The fraction of sp³-hybridized carbons (Fsp3) is 0.333. The molecule has 0 spiro atoms. The van der Waals surface area contributed by atoms with Gasteiger partial charge in [-0.15, -0.1) is 0 Å². The highest BCUT2D eigenvalue weighted by Gasteiger charge is 2.26. The normalized spacial score (nSPS) is 18.0. The number of hydrogen-bond donors (Lipinski definition) is 0. The average Bonchev–Trinajstić information content (AvgIpc) is 2.99. The van der Waals surface area contributed by atoms with Crippen molar-refractivity contribution in [1.29, 1.82) is 0 Å². The zero-order valence-corrected chi connectivity index (χ0v) is 14.7. The van der Waals surface area contributed by atoms with E-state index in [4.69, 9.17) is 0 Å². The number of rotatable bonds is 3. The van der Waals surface area contributed by atoms with Crippen molar-refractivity contribution in [2.45, 2.75) is 36.1 Å². The highest BCUT2D eigenvalue weighted by molar-refractivity contribution is 8.00. The molecule has 25 heavy (non-hydrogen) atoms. The molecule has 2 aromatic heterocycles. The van der Waals surface area contributed by atoms with E-state index >= 15 is 0 Å². The van der Waals surface area contributed by atoms with Crippen LogP contribution in [0.15, 0.2) is 46.5 Å². The molecule has 7 heteroatoms. The van der Waals surface area contributed by atoms with Crippen LogP contribution in [0.3, 0.4) is 0 Å². The molecule has 0 amide bonds. The molecule has 1 saturated carbocycles. The van der Waals surface area contributed by atoms with E-state index in [2.05, 4.69) is 10.1 Å². The number of benzene rings is 1. The standard InChI is InChI=1S/C18H18N4O2S/c1-21-16-13(11-19-21)17(24)22(12-7-3-2-4-8-12)18(20-16)25-15-10-6-5-9-14(15)23/h2-4,7-8,11,15H,5-6,9-10H2,1H3. The van der Waals surface area contributed by atoms with Crippen LogP contribution < -0.4 is 5.56 Å². The number of aryl methyl sites for hydroxylation is 1. The summed E-state index contributed by atoms with van der Waals surface area (Å²) in [5.74, 6) is 0.246. The molecule has 3 aromatic rings. The van der Waals surface area contributed by atoms with Gasteiger partial charge in [-0.3, -0.25) is 18.8 Å². The minimum atomic E-state index is -0.157. The fourth-order valence-electron chi connectivity index (χ4n) is 3.15. The summed E-state index contributed by atoms with van der Waals surface area (Å²) in [6.45, 7) is 0. The quantitative estimate of drug-likeness (QED) is 0.677. The summed E-state index contributed by atoms with van der Waals surface area (Å²) in [5.41, 5.74) is 1.13. The van der Waals surface area contributed by atoms with Crippen molar-refractivity contribution in [3.05, 3.63) is 46.9 Å². The van der Waals surface area contributed by atoms with Gasteiger partial charge in [0.05, 0.1) is 17.1 Å². The van der Waals surface area contributed by atoms with E-state index in [-0.39, 0.29) is 16.6 Å². The van der Waals surface area contributed by atoms with Crippen molar-refractivity contribution in [2.75, 3.05) is 0 Å². The summed E-state index contributed by atoms with van der Waals surface area (Å²) in [6.07, 6.45) is 4.98. The number of carbonyl (C=O) groups is 1. The van der Waals surface area contributed by atoms with Crippen molar-refractivity contribution in [2.24, 2.45) is 7.05 Å². The predicted molar refractivity (Wildman–Crippen MR) is 97.2 cm³/mol. The largest absolute Gasteiger partial charge is 0.298 e. The van der Waals surface area contributed by atoms with Crippen molar-refractivity contribution >= 4 is 28.6 Å². The first kappa shape index (κ1) is 16.1. The Labute approximate surface area is 148 Å². The lowest BCUT2D eigenvalue weighted by molar-refractivity contribution is -0.119. The number of Topliss-reactive ketones (excluding diaryl/α,β-unsaturated/α-hetero) is 1. The third-order valence-corrected chi connectivity index (χ3v) is 5.76. The van der Waals surface area contributed by atoms with Gasteiger partial charge >= 0.3 is 0 Å². The second kappa shape index (κ2) is 6.48. The molecule has 0 aliphatic heterocycles. The van der Waals surface area contributed by atoms with Crippen molar-refractivity contribution in [3.8, 4) is 5.69 Å². The summed E-state index contributed by atoms with van der Waals surface area (Å²) < 4.78 is 3.19. The third-order valence-electron chi connectivity index (χ3n) is 4.49. The first-order valence-corrected chi connectivity index (χ1v) is 9.22. The Balaban J connectivity index is 1.90. The van der Waals surface area contributed by atoms with Gasteiger partial charge in [-0.2, -0.15) is 5.10 Å². The molecule has 0 radical (unpaired) electrons. The van der Waals surface area contributed by atoms with E-state index in [1.807, 2.05) is 30.3 Å². The maximum atomic E-state index is 13.1. The molecule has 6 nitrogen and oxygen atoms in total. The number of thioether (sulfide) groups is 1. The molecule has 1 unspecified atom stereocenters. The molecule has 128 valence electrons. The van der Waals surface area contributed by atoms with E-state index < -0.39 is 0 Å². The molecule has 0 bridgehead atoms. The first-order valence-electron chi connectivity index (χ1n) is 8.34. The number of para-hydroxylation sites is 1. The van der Waals surface area contributed by atoms with Crippen LogP contribution >= 0.6 is 11.8 Å². The van der Waals surface area contributed by atoms with Gasteiger partial charge in [-0.05, 0) is 25.0 Å². The van der Waals surface area contributed by atoms with Gasteiger partial charge in [0.25, 0.3) is 5.56 Å². The van der Waals surface area contributed by atoms with Crippen molar-refractivity contribution in [3.63, 3.8) is 0 Å². The molecular weight excluding hydrogens is 336 g/mol. The van der Waals surface area contributed by atoms with Crippen LogP contribution in [0.4, 0.5) is 0 Å². The average molecular weight is 354 g/mol. The maximum Gasteiger partial charge on any atom is 0.269 e. The minimum absolute atomic E-state index is 0.138. The lowest BCUT2D eigenvalue weighted by Gasteiger charge is -2.21. The Morgan fingerprint density at radius 1 is 1.16 bits per heavy atom. The van der Waals surface area contributed by atoms with Crippen LogP contribution in [0.2, 0.25) is 0 Å². The lowest BCUT2D eigenvalue weighted by atomic mass is 9.99. The van der Waals surface area contributed by atoms with Crippen molar-refractivity contribution < 1.29 is 4.79 Å². The zero-order chi connectivity index (χ0) is 17.4. The monoisotopic (exact) mass is 354 g/mol. The molecule has 1 aliphatic carbocycles. The van der Waals surface area contributed by atoms with Crippen LogP contribution in [0.1, 0.15) is 25.7 Å². The smallest absolute Gasteiger partial charge is 0.269 e. The highest BCUT2D eigenvalue weighted by Crippen LogP contribution is 2.31. The number of fused-ring (bicyclic) bond motifs is 1. The van der Waals surface area contributed by atoms with Crippen LogP contribution in [-0.4, -0.2) is 30.4 Å². The summed E-state index contributed by atoms with van der Waals surface area (Å²) >= 11 is 1.40. The number of aromatic nitrogens is 4. The predicted octanol–water partition coefficient (Wildman–Crippen LogP) is 2.72. The summed E-state index contributed by atoms with van der Waals surface area (Å²) in [7, 11) is 1.77. The van der Waals surface area contributed by atoms with E-state index in [1.165, 1.54) is 11.8 Å². The molecule has 1 fully saturated rings. The van der Waals surface area contributed by atoms with E-state index in [9.17, 15) is 9.59 Å².